The summed E-state index contributed by atoms with van der Waals surface area (Å²) in [5.74, 6) is -0.455. The largest absolute Gasteiger partial charge is 0.482 e. The van der Waals surface area contributed by atoms with Crippen molar-refractivity contribution in [1.82, 2.24) is 0 Å². The van der Waals surface area contributed by atoms with Crippen molar-refractivity contribution in [2.75, 3.05) is 11.9 Å². The highest BCUT2D eigenvalue weighted by molar-refractivity contribution is 5.92. The van der Waals surface area contributed by atoms with Gasteiger partial charge in [-0.25, -0.2) is 4.79 Å². The number of carboxylic acids is 1. The second-order valence-corrected chi connectivity index (χ2v) is 4.68. The van der Waals surface area contributed by atoms with Crippen molar-refractivity contribution in [1.29, 1.82) is 0 Å². The van der Waals surface area contributed by atoms with E-state index in [0.29, 0.717) is 11.4 Å². The number of nitrogens with one attached hydrogen (secondary N) is 1. The van der Waals surface area contributed by atoms with Gasteiger partial charge in [0.25, 0.3) is 0 Å². The Morgan fingerprint density at radius 1 is 1.32 bits per heavy atom. The van der Waals surface area contributed by atoms with Gasteiger partial charge in [0.1, 0.15) is 5.75 Å². The van der Waals surface area contributed by atoms with E-state index >= 15 is 0 Å². The van der Waals surface area contributed by atoms with Crippen LogP contribution in [0.4, 0.5) is 5.69 Å². The number of carboxylic acid groups (broad SMARTS) is 1. The molecule has 102 valence electrons. The maximum absolute atomic E-state index is 11.9. The lowest BCUT2D eigenvalue weighted by molar-refractivity contribution is -0.139. The lowest BCUT2D eigenvalue weighted by Gasteiger charge is -2.11. The molecule has 2 rings (SSSR count). The normalized spacial score (nSPS) is 15.2. The summed E-state index contributed by atoms with van der Waals surface area (Å²) in [5.41, 5.74) is 0.639. The second kappa shape index (κ2) is 6.22. The van der Waals surface area contributed by atoms with Crippen LogP contribution in [0.15, 0.2) is 24.3 Å². The predicted octanol–water partition coefficient (Wildman–Crippen LogP) is 2.28. The molecule has 0 heterocycles. The molecule has 1 aromatic carbocycles. The van der Waals surface area contributed by atoms with E-state index in [2.05, 4.69) is 5.32 Å². The van der Waals surface area contributed by atoms with E-state index in [9.17, 15) is 9.59 Å². The lowest BCUT2D eigenvalue weighted by atomic mass is 10.1. The molecule has 5 nitrogen and oxygen atoms in total. The van der Waals surface area contributed by atoms with Crippen molar-refractivity contribution in [3.63, 3.8) is 0 Å². The first-order valence-corrected chi connectivity index (χ1v) is 6.40. The SMILES string of the molecule is O=C(O)COc1cccc(NC(=O)C2CCCC2)c1. The summed E-state index contributed by atoms with van der Waals surface area (Å²) < 4.78 is 5.06. The number of amides is 1. The number of aliphatic carboxylic acids is 1. The molecule has 0 aromatic heterocycles. The van der Waals surface area contributed by atoms with Crippen LogP contribution in [0.5, 0.6) is 5.75 Å². The first-order chi connectivity index (χ1) is 9.15. The van der Waals surface area contributed by atoms with E-state index < -0.39 is 5.97 Å². The highest BCUT2D eigenvalue weighted by Gasteiger charge is 2.22. The zero-order chi connectivity index (χ0) is 13.7. The van der Waals surface area contributed by atoms with Gasteiger partial charge in [-0.2, -0.15) is 0 Å². The molecule has 0 aliphatic heterocycles. The van der Waals surface area contributed by atoms with Gasteiger partial charge >= 0.3 is 5.97 Å². The minimum absolute atomic E-state index is 0.0351. The van der Waals surface area contributed by atoms with E-state index in [4.69, 9.17) is 9.84 Å². The standard InChI is InChI=1S/C14H17NO4/c16-13(17)9-19-12-7-3-6-11(8-12)15-14(18)10-4-1-2-5-10/h3,6-8,10H,1-2,4-5,9H2,(H,15,18)(H,16,17). The zero-order valence-electron chi connectivity index (χ0n) is 10.6. The molecule has 1 saturated carbocycles. The van der Waals surface area contributed by atoms with Crippen LogP contribution in [-0.2, 0) is 9.59 Å². The third-order valence-electron chi connectivity index (χ3n) is 3.19. The number of carbonyl (C=O) groups excluding carboxylic acids is 1. The summed E-state index contributed by atoms with van der Waals surface area (Å²) in [6, 6.07) is 6.78. The Balaban J connectivity index is 1.94. The highest BCUT2D eigenvalue weighted by Crippen LogP contribution is 2.26. The van der Waals surface area contributed by atoms with Gasteiger partial charge < -0.3 is 15.2 Å². The summed E-state index contributed by atoms with van der Waals surface area (Å²) >= 11 is 0. The van der Waals surface area contributed by atoms with E-state index in [1.165, 1.54) is 0 Å². The summed E-state index contributed by atoms with van der Waals surface area (Å²) in [6.07, 6.45) is 4.11. The fourth-order valence-electron chi connectivity index (χ4n) is 2.24. The molecule has 0 bridgehead atoms. The first-order valence-electron chi connectivity index (χ1n) is 6.40. The van der Waals surface area contributed by atoms with Gasteiger partial charge in [0.05, 0.1) is 0 Å². The van der Waals surface area contributed by atoms with Crippen LogP contribution in [0.25, 0.3) is 0 Å². The minimum atomic E-state index is -1.03. The molecule has 1 amide bonds. The Bertz CT molecular complexity index is 466. The van der Waals surface area contributed by atoms with E-state index in [1.54, 1.807) is 24.3 Å². The summed E-state index contributed by atoms with van der Waals surface area (Å²) in [4.78, 5) is 22.4. The van der Waals surface area contributed by atoms with E-state index in [1.807, 2.05) is 0 Å². The highest BCUT2D eigenvalue weighted by atomic mass is 16.5. The van der Waals surface area contributed by atoms with Crippen molar-refractivity contribution in [3.8, 4) is 5.75 Å². The van der Waals surface area contributed by atoms with Gasteiger partial charge in [-0.05, 0) is 25.0 Å². The van der Waals surface area contributed by atoms with Gasteiger partial charge in [0.2, 0.25) is 5.91 Å². The lowest BCUT2D eigenvalue weighted by Crippen LogP contribution is -2.20. The Morgan fingerprint density at radius 2 is 2.05 bits per heavy atom. The molecule has 1 fully saturated rings. The Hall–Kier alpha value is -2.04. The summed E-state index contributed by atoms with van der Waals surface area (Å²) in [6.45, 7) is -0.389. The predicted molar refractivity (Wildman–Crippen MR) is 70.2 cm³/mol. The number of carbonyl (C=O) groups is 2. The number of ether oxygens (including phenoxy) is 1. The fourth-order valence-corrected chi connectivity index (χ4v) is 2.24. The molecule has 1 aliphatic carbocycles. The minimum Gasteiger partial charge on any atom is -0.482 e. The molecule has 0 radical (unpaired) electrons. The van der Waals surface area contributed by atoms with Gasteiger partial charge in [0, 0.05) is 17.7 Å². The van der Waals surface area contributed by atoms with Crippen LogP contribution >= 0.6 is 0 Å². The van der Waals surface area contributed by atoms with Crippen LogP contribution in [0.3, 0.4) is 0 Å². The first kappa shape index (κ1) is 13.4. The number of hydrogen-bond donors (Lipinski definition) is 2. The molecule has 1 aromatic rings. The molecule has 0 unspecified atom stereocenters. The van der Waals surface area contributed by atoms with Gasteiger partial charge in [0.15, 0.2) is 6.61 Å². The monoisotopic (exact) mass is 263 g/mol. The summed E-state index contributed by atoms with van der Waals surface area (Å²) in [5, 5.41) is 11.4. The molecular formula is C14H17NO4. The van der Waals surface area contributed by atoms with Crippen molar-refractivity contribution < 1.29 is 19.4 Å². The van der Waals surface area contributed by atoms with Crippen molar-refractivity contribution in [2.45, 2.75) is 25.7 Å². The van der Waals surface area contributed by atoms with E-state index in [-0.39, 0.29) is 18.4 Å². The molecule has 1 aliphatic rings. The third-order valence-corrected chi connectivity index (χ3v) is 3.19. The summed E-state index contributed by atoms with van der Waals surface area (Å²) in [7, 11) is 0. The average Bonchev–Trinajstić information content (AvgIpc) is 2.91. The van der Waals surface area contributed by atoms with Crippen LogP contribution < -0.4 is 10.1 Å². The zero-order valence-corrected chi connectivity index (χ0v) is 10.6. The maximum atomic E-state index is 11.9. The topological polar surface area (TPSA) is 75.6 Å². The second-order valence-electron chi connectivity index (χ2n) is 4.68. The van der Waals surface area contributed by atoms with Crippen molar-refractivity contribution >= 4 is 17.6 Å². The van der Waals surface area contributed by atoms with Crippen LogP contribution in [-0.4, -0.2) is 23.6 Å². The molecule has 0 spiro atoms. The maximum Gasteiger partial charge on any atom is 0.341 e. The Labute approximate surface area is 111 Å². The van der Waals surface area contributed by atoms with Crippen molar-refractivity contribution in [3.05, 3.63) is 24.3 Å². The van der Waals surface area contributed by atoms with Crippen LogP contribution in [0.1, 0.15) is 25.7 Å². The van der Waals surface area contributed by atoms with E-state index in [0.717, 1.165) is 25.7 Å². The van der Waals surface area contributed by atoms with Gasteiger partial charge in [-0.15, -0.1) is 0 Å². The van der Waals surface area contributed by atoms with Crippen molar-refractivity contribution in [2.24, 2.45) is 5.92 Å². The molecule has 0 saturated heterocycles. The Kier molecular flexibility index (Phi) is 4.39. The molecule has 5 heteroatoms. The molecule has 19 heavy (non-hydrogen) atoms. The van der Waals surface area contributed by atoms with Gasteiger partial charge in [-0.3, -0.25) is 4.79 Å². The van der Waals surface area contributed by atoms with Crippen LogP contribution in [0.2, 0.25) is 0 Å². The molecule has 2 N–H and O–H groups in total. The number of hydrogen-bond acceptors (Lipinski definition) is 3. The van der Waals surface area contributed by atoms with Gasteiger partial charge in [-0.1, -0.05) is 18.9 Å². The van der Waals surface area contributed by atoms with Crippen LogP contribution in [0, 0.1) is 5.92 Å². The number of rotatable bonds is 5. The number of benzene rings is 1. The fraction of sp³-hybridized carbons (Fsp3) is 0.429. The smallest absolute Gasteiger partial charge is 0.341 e. The number of anilines is 1. The molecular weight excluding hydrogens is 246 g/mol. The quantitative estimate of drug-likeness (QED) is 0.854. The molecule has 0 atom stereocenters. The average molecular weight is 263 g/mol. The third kappa shape index (κ3) is 3.98. The Morgan fingerprint density at radius 3 is 2.74 bits per heavy atom.